The van der Waals surface area contributed by atoms with Crippen molar-refractivity contribution in [1.82, 2.24) is 9.88 Å². The highest BCUT2D eigenvalue weighted by atomic mass is 35.5. The lowest BCUT2D eigenvalue weighted by molar-refractivity contribution is -0.115. The van der Waals surface area contributed by atoms with Gasteiger partial charge in [-0.05, 0) is 71.9 Å². The van der Waals surface area contributed by atoms with E-state index in [2.05, 4.69) is 10.3 Å². The van der Waals surface area contributed by atoms with Crippen LogP contribution in [0.15, 0.2) is 76.9 Å². The van der Waals surface area contributed by atoms with E-state index in [1.54, 1.807) is 19.2 Å². The van der Waals surface area contributed by atoms with Crippen LogP contribution in [0.25, 0.3) is 11.8 Å². The third-order valence-corrected chi connectivity index (χ3v) is 5.22. The Morgan fingerprint density at radius 1 is 1.18 bits per heavy atom. The number of halogens is 1. The highest BCUT2D eigenvalue weighted by Crippen LogP contribution is 2.29. The molecule has 3 aromatic rings. The second kappa shape index (κ2) is 7.96. The first-order valence-corrected chi connectivity index (χ1v) is 9.68. The number of amidine groups is 1. The zero-order chi connectivity index (χ0) is 19.5. The van der Waals surface area contributed by atoms with Crippen molar-refractivity contribution < 1.29 is 9.53 Å². The molecule has 0 bridgehead atoms. The van der Waals surface area contributed by atoms with Crippen LogP contribution in [0.1, 0.15) is 5.56 Å². The molecule has 2 aromatic carbocycles. The Kier molecular flexibility index (Phi) is 5.23. The van der Waals surface area contributed by atoms with Crippen LogP contribution in [0.4, 0.5) is 5.69 Å². The average molecular weight is 410 g/mol. The van der Waals surface area contributed by atoms with Crippen molar-refractivity contribution in [3.05, 3.63) is 82.5 Å². The number of hydrogen-bond acceptors (Lipinski definition) is 4. The summed E-state index contributed by atoms with van der Waals surface area (Å²) in [5.74, 6) is 0.645. The predicted octanol–water partition coefficient (Wildman–Crippen LogP) is 5.03. The number of hydrogen-bond donors (Lipinski definition) is 1. The second-order valence-corrected chi connectivity index (χ2v) is 7.48. The minimum Gasteiger partial charge on any atom is -0.497 e. The fourth-order valence-electron chi connectivity index (χ4n) is 2.71. The topological polar surface area (TPSA) is 55.6 Å². The van der Waals surface area contributed by atoms with Gasteiger partial charge in [0.1, 0.15) is 5.75 Å². The van der Waals surface area contributed by atoms with E-state index in [-0.39, 0.29) is 5.91 Å². The molecule has 0 atom stereocenters. The van der Waals surface area contributed by atoms with Crippen molar-refractivity contribution in [2.45, 2.75) is 0 Å². The Labute approximate surface area is 171 Å². The van der Waals surface area contributed by atoms with Gasteiger partial charge in [-0.3, -0.25) is 4.79 Å². The molecular formula is C21H16ClN3O2S. The van der Waals surface area contributed by atoms with Gasteiger partial charge in [-0.15, -0.1) is 0 Å². The van der Waals surface area contributed by atoms with Gasteiger partial charge in [0.2, 0.25) is 0 Å². The van der Waals surface area contributed by atoms with Crippen LogP contribution in [0, 0.1) is 0 Å². The highest BCUT2D eigenvalue weighted by molar-refractivity contribution is 8.18. The fraction of sp³-hybridized carbons (Fsp3) is 0.0476. The van der Waals surface area contributed by atoms with E-state index >= 15 is 0 Å². The highest BCUT2D eigenvalue weighted by Gasteiger charge is 2.23. The Morgan fingerprint density at radius 3 is 2.75 bits per heavy atom. The van der Waals surface area contributed by atoms with Crippen LogP contribution in [0.3, 0.4) is 0 Å². The summed E-state index contributed by atoms with van der Waals surface area (Å²) in [6.45, 7) is 0. The zero-order valence-corrected chi connectivity index (χ0v) is 16.5. The Balaban J connectivity index is 1.53. The summed E-state index contributed by atoms with van der Waals surface area (Å²) >= 11 is 7.29. The lowest BCUT2D eigenvalue weighted by atomic mass is 10.3. The number of rotatable bonds is 4. The van der Waals surface area contributed by atoms with Gasteiger partial charge in [-0.2, -0.15) is 0 Å². The van der Waals surface area contributed by atoms with Gasteiger partial charge in [0.15, 0.2) is 5.17 Å². The molecule has 140 valence electrons. The monoisotopic (exact) mass is 409 g/mol. The summed E-state index contributed by atoms with van der Waals surface area (Å²) in [5, 5.41) is 3.92. The first kappa shape index (κ1) is 18.4. The summed E-state index contributed by atoms with van der Waals surface area (Å²) < 4.78 is 7.18. The number of carbonyl (C=O) groups excluding carboxylic acids is 1. The molecule has 1 amide bonds. The number of aliphatic imine (C=N–C) groups is 1. The minimum atomic E-state index is -0.164. The largest absolute Gasteiger partial charge is 0.497 e. The third-order valence-electron chi connectivity index (χ3n) is 4.07. The van der Waals surface area contributed by atoms with E-state index in [1.165, 1.54) is 11.8 Å². The summed E-state index contributed by atoms with van der Waals surface area (Å²) in [6, 6.07) is 16.9. The summed E-state index contributed by atoms with van der Waals surface area (Å²) in [4.78, 5) is 17.3. The predicted molar refractivity (Wildman–Crippen MR) is 115 cm³/mol. The maximum atomic E-state index is 12.3. The van der Waals surface area contributed by atoms with E-state index in [0.29, 0.717) is 20.8 Å². The van der Waals surface area contributed by atoms with Crippen molar-refractivity contribution in [2.75, 3.05) is 7.11 Å². The van der Waals surface area contributed by atoms with E-state index < -0.39 is 0 Å². The lowest BCUT2D eigenvalue weighted by Crippen LogP contribution is -2.19. The number of nitrogens with one attached hydrogen (secondary N) is 1. The molecule has 5 nitrogen and oxygen atoms in total. The van der Waals surface area contributed by atoms with Gasteiger partial charge in [0.25, 0.3) is 5.91 Å². The molecule has 1 fully saturated rings. The molecule has 0 saturated carbocycles. The van der Waals surface area contributed by atoms with Crippen molar-refractivity contribution in [3.8, 4) is 11.4 Å². The quantitative estimate of drug-likeness (QED) is 0.615. The van der Waals surface area contributed by atoms with Crippen LogP contribution in [0.2, 0.25) is 5.02 Å². The number of thioether (sulfide) groups is 1. The van der Waals surface area contributed by atoms with E-state index in [9.17, 15) is 4.79 Å². The summed E-state index contributed by atoms with van der Waals surface area (Å²) in [6.07, 6.45) is 5.77. The Hall–Kier alpha value is -2.96. The van der Waals surface area contributed by atoms with E-state index in [4.69, 9.17) is 16.3 Å². The molecule has 1 saturated heterocycles. The molecule has 0 radical (unpaired) electrons. The van der Waals surface area contributed by atoms with Gasteiger partial charge in [0, 0.05) is 23.1 Å². The Morgan fingerprint density at radius 2 is 2.00 bits per heavy atom. The first-order valence-electron chi connectivity index (χ1n) is 8.48. The summed E-state index contributed by atoms with van der Waals surface area (Å²) in [7, 11) is 1.64. The summed E-state index contributed by atoms with van der Waals surface area (Å²) in [5.41, 5.74) is 2.64. The van der Waals surface area contributed by atoms with Crippen LogP contribution in [-0.2, 0) is 4.79 Å². The smallest absolute Gasteiger partial charge is 0.264 e. The maximum Gasteiger partial charge on any atom is 0.264 e. The molecule has 7 heteroatoms. The maximum absolute atomic E-state index is 12.3. The SMILES string of the molecule is COc1ccc(-n2ccc(/C=C3/SC(=Nc4cccc(Cl)c4)NC3=O)c2)cc1. The van der Waals surface area contributed by atoms with Gasteiger partial charge >= 0.3 is 0 Å². The molecule has 0 aliphatic carbocycles. The number of ether oxygens (including phenoxy) is 1. The van der Waals surface area contributed by atoms with Gasteiger partial charge < -0.3 is 14.6 Å². The molecule has 28 heavy (non-hydrogen) atoms. The number of aromatic nitrogens is 1. The number of methoxy groups -OCH3 is 1. The standard InChI is InChI=1S/C21H16ClN3O2S/c1-27-18-7-5-17(6-8-18)25-10-9-14(13-25)11-19-20(26)24-21(28-19)23-16-4-2-3-15(22)12-16/h2-13H,1H3,(H,23,24,26)/b19-11+. The first-order chi connectivity index (χ1) is 13.6. The van der Waals surface area contributed by atoms with Crippen molar-refractivity contribution in [3.63, 3.8) is 0 Å². The van der Waals surface area contributed by atoms with Crippen molar-refractivity contribution >= 4 is 46.2 Å². The van der Waals surface area contributed by atoms with Crippen LogP contribution >= 0.6 is 23.4 Å². The number of nitrogens with zero attached hydrogens (tertiary/aromatic N) is 2. The fourth-order valence-corrected chi connectivity index (χ4v) is 3.73. The molecule has 0 unspecified atom stereocenters. The van der Waals surface area contributed by atoms with E-state index in [1.807, 2.05) is 65.5 Å². The van der Waals surface area contributed by atoms with Gasteiger partial charge in [-0.25, -0.2) is 4.99 Å². The van der Waals surface area contributed by atoms with Crippen LogP contribution in [0.5, 0.6) is 5.75 Å². The molecule has 2 heterocycles. The molecule has 1 aliphatic heterocycles. The van der Waals surface area contributed by atoms with Crippen molar-refractivity contribution in [1.29, 1.82) is 0 Å². The second-order valence-electron chi connectivity index (χ2n) is 6.01. The normalized spacial score (nSPS) is 16.6. The Bertz CT molecular complexity index is 1090. The number of carbonyl (C=O) groups is 1. The third kappa shape index (κ3) is 4.13. The van der Waals surface area contributed by atoms with Crippen molar-refractivity contribution in [2.24, 2.45) is 4.99 Å². The zero-order valence-electron chi connectivity index (χ0n) is 14.9. The van der Waals surface area contributed by atoms with Gasteiger partial charge in [0.05, 0.1) is 17.7 Å². The average Bonchev–Trinajstić information content (AvgIpc) is 3.29. The molecule has 0 spiro atoms. The molecule has 1 N–H and O–H groups in total. The van der Waals surface area contributed by atoms with E-state index in [0.717, 1.165) is 17.0 Å². The molecular weight excluding hydrogens is 394 g/mol. The molecule has 1 aromatic heterocycles. The molecule has 4 rings (SSSR count). The number of benzene rings is 2. The molecule has 1 aliphatic rings. The minimum absolute atomic E-state index is 0.164. The van der Waals surface area contributed by atoms with Crippen LogP contribution in [-0.4, -0.2) is 22.8 Å². The number of amides is 1. The lowest BCUT2D eigenvalue weighted by Gasteiger charge is -2.04. The van der Waals surface area contributed by atoms with Gasteiger partial charge in [-0.1, -0.05) is 17.7 Å². The van der Waals surface area contributed by atoms with Crippen LogP contribution < -0.4 is 10.1 Å².